The quantitative estimate of drug-likeness (QED) is 0.869. The van der Waals surface area contributed by atoms with Crippen molar-refractivity contribution in [2.75, 3.05) is 13.6 Å². The normalized spacial score (nSPS) is 11.4. The maximum Gasteiger partial charge on any atom is 0.229 e. The number of nitrogens with two attached hydrogens (primary N) is 1. The van der Waals surface area contributed by atoms with Crippen LogP contribution in [0.4, 0.5) is 4.39 Å². The summed E-state index contributed by atoms with van der Waals surface area (Å²) >= 11 is 0. The second-order valence-electron chi connectivity index (χ2n) is 4.88. The van der Waals surface area contributed by atoms with E-state index >= 15 is 0 Å². The van der Waals surface area contributed by atoms with Crippen LogP contribution >= 0.6 is 0 Å². The van der Waals surface area contributed by atoms with Gasteiger partial charge in [0.1, 0.15) is 5.82 Å². The lowest BCUT2D eigenvalue weighted by atomic mass is 9.92. The molecule has 0 aliphatic heterocycles. The highest BCUT2D eigenvalue weighted by Crippen LogP contribution is 2.17. The van der Waals surface area contributed by atoms with Crippen molar-refractivity contribution in [2.24, 2.45) is 11.1 Å². The largest absolute Gasteiger partial charge is 0.341 e. The first-order chi connectivity index (χ1) is 7.86. The van der Waals surface area contributed by atoms with Crippen molar-refractivity contribution in [3.05, 3.63) is 35.6 Å². The summed E-state index contributed by atoms with van der Waals surface area (Å²) in [6, 6.07) is 6.13. The topological polar surface area (TPSA) is 46.3 Å². The van der Waals surface area contributed by atoms with Gasteiger partial charge in [-0.05, 0) is 31.5 Å². The van der Waals surface area contributed by atoms with Gasteiger partial charge in [-0.25, -0.2) is 4.39 Å². The highest BCUT2D eigenvalue weighted by atomic mass is 19.1. The summed E-state index contributed by atoms with van der Waals surface area (Å²) in [4.78, 5) is 13.7. The molecule has 0 aliphatic carbocycles. The Hall–Kier alpha value is -1.42. The van der Waals surface area contributed by atoms with Crippen LogP contribution in [0.15, 0.2) is 24.3 Å². The highest BCUT2D eigenvalue weighted by Gasteiger charge is 2.28. The van der Waals surface area contributed by atoms with Crippen molar-refractivity contribution in [3.63, 3.8) is 0 Å². The zero-order valence-electron chi connectivity index (χ0n) is 10.5. The van der Waals surface area contributed by atoms with Crippen LogP contribution < -0.4 is 5.73 Å². The van der Waals surface area contributed by atoms with Gasteiger partial charge in [0.2, 0.25) is 5.91 Å². The minimum absolute atomic E-state index is 0.00988. The summed E-state index contributed by atoms with van der Waals surface area (Å²) in [7, 11) is 1.73. The predicted octanol–water partition coefficient (Wildman–Crippen LogP) is 1.77. The first kappa shape index (κ1) is 13.6. The van der Waals surface area contributed by atoms with Crippen LogP contribution in [-0.2, 0) is 11.3 Å². The Balaban J connectivity index is 2.69. The lowest BCUT2D eigenvalue weighted by Crippen LogP contribution is -2.42. The van der Waals surface area contributed by atoms with E-state index in [1.807, 2.05) is 13.8 Å². The van der Waals surface area contributed by atoms with Crippen molar-refractivity contribution in [1.82, 2.24) is 4.90 Å². The molecule has 94 valence electrons. The number of rotatable bonds is 4. The Morgan fingerprint density at radius 3 is 2.35 bits per heavy atom. The molecular formula is C13H19FN2O. The van der Waals surface area contributed by atoms with Crippen LogP contribution in [0.3, 0.4) is 0 Å². The lowest BCUT2D eigenvalue weighted by Gasteiger charge is -2.28. The predicted molar refractivity (Wildman–Crippen MR) is 65.7 cm³/mol. The zero-order valence-corrected chi connectivity index (χ0v) is 10.5. The van der Waals surface area contributed by atoms with Crippen LogP contribution in [-0.4, -0.2) is 24.4 Å². The van der Waals surface area contributed by atoms with Gasteiger partial charge in [-0.1, -0.05) is 12.1 Å². The first-order valence-electron chi connectivity index (χ1n) is 5.57. The summed E-state index contributed by atoms with van der Waals surface area (Å²) in [5, 5.41) is 0. The maximum atomic E-state index is 12.7. The summed E-state index contributed by atoms with van der Waals surface area (Å²) < 4.78 is 12.7. The molecule has 1 aromatic rings. The third-order valence-electron chi connectivity index (χ3n) is 2.77. The molecule has 1 amide bonds. The second kappa shape index (κ2) is 5.27. The molecule has 0 fully saturated rings. The zero-order chi connectivity index (χ0) is 13.1. The third kappa shape index (κ3) is 3.53. The third-order valence-corrected chi connectivity index (χ3v) is 2.77. The van der Waals surface area contributed by atoms with E-state index in [4.69, 9.17) is 5.73 Å². The Kier molecular flexibility index (Phi) is 4.23. The standard InChI is InChI=1S/C13H19FN2O/c1-13(2,9-15)12(17)16(3)8-10-4-6-11(14)7-5-10/h4-7H,8-9,15H2,1-3H3. The van der Waals surface area contributed by atoms with Crippen LogP contribution in [0.1, 0.15) is 19.4 Å². The average molecular weight is 238 g/mol. The Morgan fingerprint density at radius 2 is 1.88 bits per heavy atom. The van der Waals surface area contributed by atoms with E-state index in [2.05, 4.69) is 0 Å². The number of carbonyl (C=O) groups excluding carboxylic acids is 1. The summed E-state index contributed by atoms with van der Waals surface area (Å²) in [6.45, 7) is 4.40. The molecule has 0 unspecified atom stereocenters. The van der Waals surface area contributed by atoms with Crippen molar-refractivity contribution in [1.29, 1.82) is 0 Å². The number of halogens is 1. The monoisotopic (exact) mass is 238 g/mol. The van der Waals surface area contributed by atoms with Gasteiger partial charge in [0.25, 0.3) is 0 Å². The SMILES string of the molecule is CN(Cc1ccc(F)cc1)C(=O)C(C)(C)CN. The number of hydrogen-bond acceptors (Lipinski definition) is 2. The van der Waals surface area contributed by atoms with Crippen molar-refractivity contribution in [2.45, 2.75) is 20.4 Å². The Morgan fingerprint density at radius 1 is 1.35 bits per heavy atom. The van der Waals surface area contributed by atoms with Gasteiger partial charge < -0.3 is 10.6 Å². The average Bonchev–Trinajstić information content (AvgIpc) is 2.31. The molecule has 4 heteroatoms. The van der Waals surface area contributed by atoms with Gasteiger partial charge >= 0.3 is 0 Å². The van der Waals surface area contributed by atoms with E-state index in [0.29, 0.717) is 13.1 Å². The Labute approximate surface area is 101 Å². The van der Waals surface area contributed by atoms with Crippen molar-refractivity contribution >= 4 is 5.91 Å². The molecule has 3 nitrogen and oxygen atoms in total. The minimum Gasteiger partial charge on any atom is -0.341 e. The maximum absolute atomic E-state index is 12.7. The molecule has 0 spiro atoms. The molecule has 0 bridgehead atoms. The molecule has 2 N–H and O–H groups in total. The van der Waals surface area contributed by atoms with E-state index in [0.717, 1.165) is 5.56 Å². The van der Waals surface area contributed by atoms with Crippen LogP contribution in [0.25, 0.3) is 0 Å². The van der Waals surface area contributed by atoms with Gasteiger partial charge in [0.05, 0.1) is 5.41 Å². The minimum atomic E-state index is -0.561. The number of hydrogen-bond donors (Lipinski definition) is 1. The van der Waals surface area contributed by atoms with Gasteiger partial charge in [-0.15, -0.1) is 0 Å². The fraction of sp³-hybridized carbons (Fsp3) is 0.462. The fourth-order valence-electron chi connectivity index (χ4n) is 1.54. The lowest BCUT2D eigenvalue weighted by molar-refractivity contribution is -0.139. The van der Waals surface area contributed by atoms with E-state index in [1.54, 1.807) is 24.1 Å². The molecule has 0 heterocycles. The molecular weight excluding hydrogens is 219 g/mol. The van der Waals surface area contributed by atoms with E-state index in [1.165, 1.54) is 12.1 Å². The van der Waals surface area contributed by atoms with E-state index < -0.39 is 5.41 Å². The first-order valence-corrected chi connectivity index (χ1v) is 5.57. The summed E-state index contributed by atoms with van der Waals surface area (Å²) in [5.41, 5.74) is 5.90. The number of benzene rings is 1. The smallest absolute Gasteiger partial charge is 0.229 e. The van der Waals surface area contributed by atoms with E-state index in [9.17, 15) is 9.18 Å². The molecule has 0 aromatic heterocycles. The number of nitrogens with zero attached hydrogens (tertiary/aromatic N) is 1. The summed E-state index contributed by atoms with van der Waals surface area (Å²) in [5.74, 6) is -0.283. The van der Waals surface area contributed by atoms with Crippen LogP contribution in [0.2, 0.25) is 0 Å². The van der Waals surface area contributed by atoms with Crippen LogP contribution in [0, 0.1) is 11.2 Å². The van der Waals surface area contributed by atoms with Gasteiger partial charge in [0, 0.05) is 20.1 Å². The molecule has 1 aromatic carbocycles. The Bertz CT molecular complexity index is 387. The van der Waals surface area contributed by atoms with Crippen molar-refractivity contribution in [3.8, 4) is 0 Å². The van der Waals surface area contributed by atoms with E-state index in [-0.39, 0.29) is 11.7 Å². The second-order valence-corrected chi connectivity index (χ2v) is 4.88. The van der Waals surface area contributed by atoms with Gasteiger partial charge in [-0.3, -0.25) is 4.79 Å². The molecule has 0 atom stereocenters. The highest BCUT2D eigenvalue weighted by molar-refractivity contribution is 5.81. The van der Waals surface area contributed by atoms with Crippen LogP contribution in [0.5, 0.6) is 0 Å². The van der Waals surface area contributed by atoms with Gasteiger partial charge in [-0.2, -0.15) is 0 Å². The molecule has 0 saturated carbocycles. The van der Waals surface area contributed by atoms with Gasteiger partial charge in [0.15, 0.2) is 0 Å². The molecule has 0 radical (unpaired) electrons. The number of carbonyl (C=O) groups is 1. The molecule has 0 aliphatic rings. The summed E-state index contributed by atoms with van der Waals surface area (Å²) in [6.07, 6.45) is 0. The molecule has 17 heavy (non-hydrogen) atoms. The van der Waals surface area contributed by atoms with Crippen molar-refractivity contribution < 1.29 is 9.18 Å². The molecule has 1 rings (SSSR count). The molecule has 0 saturated heterocycles. The fourth-order valence-corrected chi connectivity index (χ4v) is 1.54. The number of amides is 1.